The number of hydrogen-bond acceptors (Lipinski definition) is 7. The van der Waals surface area contributed by atoms with Gasteiger partial charge in [0.05, 0.1) is 16.3 Å². The van der Waals surface area contributed by atoms with Crippen LogP contribution in [0, 0.1) is 13.7 Å². The minimum atomic E-state index is -0.447. The minimum Gasteiger partial charge on any atom is -0.279 e. The molecule has 2 aromatic carbocycles. The van der Waals surface area contributed by atoms with E-state index in [0.29, 0.717) is 17.9 Å². The second-order valence-corrected chi connectivity index (χ2v) is 6.16. The molecule has 3 aromatic rings. The maximum absolute atomic E-state index is 10.6. The normalized spacial score (nSPS) is 10.9. The van der Waals surface area contributed by atoms with Crippen LogP contribution in [0.4, 0.5) is 11.4 Å². The Kier molecular flexibility index (Phi) is 5.28. The number of hydrazone groups is 1. The highest BCUT2D eigenvalue weighted by Gasteiger charge is 2.07. The van der Waals surface area contributed by atoms with Crippen LogP contribution in [0.1, 0.15) is 5.82 Å². The molecule has 0 atom stereocenters. The second kappa shape index (κ2) is 7.79. The molecule has 0 bridgehead atoms. The number of hydrogen-bond donors (Lipinski definition) is 1. The van der Waals surface area contributed by atoms with Crippen molar-refractivity contribution in [1.29, 1.82) is 0 Å². The van der Waals surface area contributed by atoms with Gasteiger partial charge in [-0.05, 0) is 69.4 Å². The lowest BCUT2D eigenvalue weighted by atomic mass is 10.3. The van der Waals surface area contributed by atoms with Gasteiger partial charge < -0.3 is 0 Å². The highest BCUT2D eigenvalue weighted by Crippen LogP contribution is 2.15. The van der Waals surface area contributed by atoms with E-state index >= 15 is 0 Å². The van der Waals surface area contributed by atoms with Gasteiger partial charge in [-0.15, -0.1) is 5.10 Å². The number of tetrazole rings is 1. The average molecular weight is 449 g/mol. The summed E-state index contributed by atoms with van der Waals surface area (Å²) >= 11 is 2.23. The van der Waals surface area contributed by atoms with E-state index in [2.05, 4.69) is 48.6 Å². The monoisotopic (exact) mass is 449 g/mol. The summed E-state index contributed by atoms with van der Waals surface area (Å²) in [7, 11) is 0. The number of nitro groups is 1. The fourth-order valence-corrected chi connectivity index (χ4v) is 2.38. The molecule has 10 heteroatoms. The van der Waals surface area contributed by atoms with Gasteiger partial charge >= 0.3 is 0 Å². The van der Waals surface area contributed by atoms with E-state index in [-0.39, 0.29) is 5.69 Å². The Morgan fingerprint density at radius 3 is 2.60 bits per heavy atom. The van der Waals surface area contributed by atoms with Crippen molar-refractivity contribution in [2.75, 3.05) is 5.43 Å². The molecule has 25 heavy (non-hydrogen) atoms. The highest BCUT2D eigenvalue weighted by molar-refractivity contribution is 14.1. The van der Waals surface area contributed by atoms with Gasteiger partial charge in [-0.1, -0.05) is 0 Å². The Balaban J connectivity index is 1.62. The smallest absolute Gasteiger partial charge is 0.269 e. The number of aromatic nitrogens is 4. The van der Waals surface area contributed by atoms with Crippen LogP contribution in [0.15, 0.2) is 53.6 Å². The van der Waals surface area contributed by atoms with Gasteiger partial charge in [0, 0.05) is 28.3 Å². The van der Waals surface area contributed by atoms with Crippen molar-refractivity contribution >= 4 is 40.2 Å². The average Bonchev–Trinajstić information content (AvgIpc) is 3.08. The fraction of sp³-hybridized carbons (Fsp3) is 0.0667. The largest absolute Gasteiger partial charge is 0.279 e. The SMILES string of the molecule is O=[N+]([O-])c1ccc(N/N=C\Cc2nnnn2-c2ccc(I)cc2)cc1. The lowest BCUT2D eigenvalue weighted by Crippen LogP contribution is -2.04. The Labute approximate surface area is 156 Å². The molecular formula is C15H12IN7O2. The number of anilines is 1. The zero-order chi connectivity index (χ0) is 17.6. The van der Waals surface area contributed by atoms with Gasteiger partial charge in [-0.25, -0.2) is 0 Å². The van der Waals surface area contributed by atoms with E-state index < -0.39 is 4.92 Å². The van der Waals surface area contributed by atoms with Crippen molar-refractivity contribution in [3.05, 3.63) is 68.0 Å². The zero-order valence-electron chi connectivity index (χ0n) is 12.8. The molecule has 126 valence electrons. The van der Waals surface area contributed by atoms with Crippen LogP contribution >= 0.6 is 22.6 Å². The van der Waals surface area contributed by atoms with Gasteiger partial charge in [0.25, 0.3) is 5.69 Å². The summed E-state index contributed by atoms with van der Waals surface area (Å²) in [5.74, 6) is 0.649. The number of benzene rings is 2. The summed E-state index contributed by atoms with van der Waals surface area (Å²) in [6.07, 6.45) is 2.06. The van der Waals surface area contributed by atoms with E-state index in [9.17, 15) is 10.1 Å². The topological polar surface area (TPSA) is 111 Å². The Morgan fingerprint density at radius 2 is 1.92 bits per heavy atom. The lowest BCUT2D eigenvalue weighted by molar-refractivity contribution is -0.384. The molecule has 0 radical (unpaired) electrons. The summed E-state index contributed by atoms with van der Waals surface area (Å²) in [6, 6.07) is 13.8. The van der Waals surface area contributed by atoms with Crippen LogP contribution in [-0.2, 0) is 6.42 Å². The molecule has 0 aliphatic carbocycles. The number of nitrogens with zero attached hydrogens (tertiary/aromatic N) is 6. The van der Waals surface area contributed by atoms with Crippen LogP contribution in [0.5, 0.6) is 0 Å². The Hall–Kier alpha value is -2.89. The zero-order valence-corrected chi connectivity index (χ0v) is 14.9. The van der Waals surface area contributed by atoms with Crippen molar-refractivity contribution in [2.24, 2.45) is 5.10 Å². The van der Waals surface area contributed by atoms with E-state index in [1.807, 2.05) is 24.3 Å². The first-order valence-electron chi connectivity index (χ1n) is 7.18. The maximum atomic E-state index is 10.6. The summed E-state index contributed by atoms with van der Waals surface area (Å²) in [5, 5.41) is 26.4. The first-order valence-corrected chi connectivity index (χ1v) is 8.26. The Bertz CT molecular complexity index is 891. The van der Waals surface area contributed by atoms with Crippen molar-refractivity contribution < 1.29 is 4.92 Å². The number of nitrogens with one attached hydrogen (secondary N) is 1. The summed E-state index contributed by atoms with van der Waals surface area (Å²) < 4.78 is 2.78. The molecule has 1 heterocycles. The van der Waals surface area contributed by atoms with Crippen LogP contribution < -0.4 is 5.43 Å². The van der Waals surface area contributed by atoms with Crippen LogP contribution in [0.25, 0.3) is 5.69 Å². The van der Waals surface area contributed by atoms with Gasteiger partial charge in [0.2, 0.25) is 0 Å². The highest BCUT2D eigenvalue weighted by atomic mass is 127. The van der Waals surface area contributed by atoms with Crippen LogP contribution in [-0.4, -0.2) is 31.3 Å². The van der Waals surface area contributed by atoms with Crippen LogP contribution in [0.3, 0.4) is 0 Å². The lowest BCUT2D eigenvalue weighted by Gasteiger charge is -2.03. The van der Waals surface area contributed by atoms with Crippen molar-refractivity contribution in [3.63, 3.8) is 0 Å². The molecule has 0 saturated carbocycles. The summed E-state index contributed by atoms with van der Waals surface area (Å²) in [6.45, 7) is 0. The molecule has 0 spiro atoms. The number of halogens is 1. The van der Waals surface area contributed by atoms with Gasteiger partial charge in [-0.2, -0.15) is 9.78 Å². The van der Waals surface area contributed by atoms with E-state index in [1.165, 1.54) is 12.1 Å². The minimum absolute atomic E-state index is 0.0335. The predicted octanol–water partition coefficient (Wildman–Crippen LogP) is 2.82. The Morgan fingerprint density at radius 1 is 1.20 bits per heavy atom. The molecule has 9 nitrogen and oxygen atoms in total. The van der Waals surface area contributed by atoms with E-state index in [0.717, 1.165) is 9.26 Å². The number of nitro benzene ring substituents is 1. The van der Waals surface area contributed by atoms with Crippen LogP contribution in [0.2, 0.25) is 0 Å². The van der Waals surface area contributed by atoms with Crippen molar-refractivity contribution in [3.8, 4) is 5.69 Å². The summed E-state index contributed by atoms with van der Waals surface area (Å²) in [5.41, 5.74) is 4.37. The predicted molar refractivity (Wildman–Crippen MR) is 101 cm³/mol. The molecule has 1 N–H and O–H groups in total. The maximum Gasteiger partial charge on any atom is 0.269 e. The molecule has 0 aliphatic heterocycles. The van der Waals surface area contributed by atoms with Gasteiger partial charge in [0.15, 0.2) is 5.82 Å². The first-order chi connectivity index (χ1) is 12.1. The molecule has 0 amide bonds. The number of rotatable bonds is 6. The third-order valence-electron chi connectivity index (χ3n) is 3.24. The van der Waals surface area contributed by atoms with Crippen molar-refractivity contribution in [1.82, 2.24) is 20.2 Å². The second-order valence-electron chi connectivity index (χ2n) is 4.91. The first kappa shape index (κ1) is 17.0. The van der Waals surface area contributed by atoms with Crippen molar-refractivity contribution in [2.45, 2.75) is 6.42 Å². The quantitative estimate of drug-likeness (QED) is 0.268. The number of non-ortho nitro benzene ring substituents is 1. The third-order valence-corrected chi connectivity index (χ3v) is 3.96. The molecule has 0 saturated heterocycles. The molecule has 0 fully saturated rings. The molecule has 0 unspecified atom stereocenters. The van der Waals surface area contributed by atoms with Gasteiger partial charge in [0.1, 0.15) is 0 Å². The summed E-state index contributed by atoms with van der Waals surface area (Å²) in [4.78, 5) is 10.2. The molecule has 3 rings (SSSR count). The van der Waals surface area contributed by atoms with E-state index in [1.54, 1.807) is 23.0 Å². The van der Waals surface area contributed by atoms with E-state index in [4.69, 9.17) is 0 Å². The standard InChI is InChI=1S/C15H12IN7O2/c16-11-1-5-13(6-2-11)22-15(19-20-21-22)9-10-17-18-12-3-7-14(8-4-12)23(24)25/h1-8,10,18H,9H2/b17-10-. The fourth-order valence-electron chi connectivity index (χ4n) is 2.02. The molecule has 1 aromatic heterocycles. The molecule has 0 aliphatic rings. The van der Waals surface area contributed by atoms with Gasteiger partial charge in [-0.3, -0.25) is 15.5 Å². The molecular weight excluding hydrogens is 437 g/mol. The third kappa shape index (κ3) is 4.35.